The van der Waals surface area contributed by atoms with Gasteiger partial charge in [0.15, 0.2) is 0 Å². The predicted octanol–water partition coefficient (Wildman–Crippen LogP) is 2.52. The molecule has 1 heterocycles. The Morgan fingerprint density at radius 2 is 1.89 bits per heavy atom. The minimum Gasteiger partial charge on any atom is -0.424 e. The molecule has 0 aliphatic carbocycles. The number of aromatic nitrogens is 2. The first-order valence-corrected chi connectivity index (χ1v) is 5.84. The van der Waals surface area contributed by atoms with Crippen LogP contribution in [0.1, 0.15) is 16.8 Å². The van der Waals surface area contributed by atoms with E-state index in [0.717, 1.165) is 11.1 Å². The summed E-state index contributed by atoms with van der Waals surface area (Å²) in [7, 11) is 0. The summed E-state index contributed by atoms with van der Waals surface area (Å²) >= 11 is 4.86. The van der Waals surface area contributed by atoms with Crippen molar-refractivity contribution in [3.63, 3.8) is 0 Å². The molecule has 0 amide bonds. The van der Waals surface area contributed by atoms with Crippen LogP contribution in [0.3, 0.4) is 0 Å². The van der Waals surface area contributed by atoms with Crippen molar-refractivity contribution in [1.82, 2.24) is 9.97 Å². The normalized spacial score (nSPS) is 10.1. The van der Waals surface area contributed by atoms with Gasteiger partial charge in [-0.25, -0.2) is 4.98 Å². The number of nitrogens with zero attached hydrogens (tertiary/aromatic N) is 2. The van der Waals surface area contributed by atoms with Crippen LogP contribution in [0, 0.1) is 13.8 Å². The monoisotopic (exact) mass is 259 g/mol. The second-order valence-electron chi connectivity index (χ2n) is 4.01. The van der Waals surface area contributed by atoms with Crippen molar-refractivity contribution < 1.29 is 4.74 Å². The minimum atomic E-state index is 0.225. The molecule has 18 heavy (non-hydrogen) atoms. The highest BCUT2D eigenvalue weighted by atomic mass is 32.1. The van der Waals surface area contributed by atoms with E-state index in [-0.39, 0.29) is 11.0 Å². The van der Waals surface area contributed by atoms with Gasteiger partial charge in [-0.15, -0.1) is 0 Å². The van der Waals surface area contributed by atoms with Crippen molar-refractivity contribution in [2.45, 2.75) is 13.8 Å². The van der Waals surface area contributed by atoms with Crippen molar-refractivity contribution in [2.24, 2.45) is 5.73 Å². The van der Waals surface area contributed by atoms with E-state index < -0.39 is 0 Å². The molecular formula is C13H13N3OS. The van der Waals surface area contributed by atoms with Crippen molar-refractivity contribution in [2.75, 3.05) is 0 Å². The van der Waals surface area contributed by atoms with Crippen LogP contribution >= 0.6 is 12.2 Å². The number of nitrogens with two attached hydrogens (primary N) is 1. The zero-order chi connectivity index (χ0) is 13.1. The summed E-state index contributed by atoms with van der Waals surface area (Å²) in [6, 6.07) is 7.80. The molecule has 0 aliphatic heterocycles. The van der Waals surface area contributed by atoms with Gasteiger partial charge in [0.05, 0.1) is 0 Å². The summed E-state index contributed by atoms with van der Waals surface area (Å²) in [5, 5.41) is 0. The van der Waals surface area contributed by atoms with Crippen LogP contribution in [-0.2, 0) is 0 Å². The number of hydrogen-bond acceptors (Lipinski definition) is 4. The van der Waals surface area contributed by atoms with Crippen molar-refractivity contribution >= 4 is 17.2 Å². The highest BCUT2D eigenvalue weighted by molar-refractivity contribution is 7.80. The van der Waals surface area contributed by atoms with Crippen LogP contribution in [0.2, 0.25) is 0 Å². The van der Waals surface area contributed by atoms with Gasteiger partial charge in [0.2, 0.25) is 0 Å². The fourth-order valence-electron chi connectivity index (χ4n) is 1.62. The Balaban J connectivity index is 2.28. The molecule has 0 unspecified atom stereocenters. The summed E-state index contributed by atoms with van der Waals surface area (Å²) in [6.45, 7) is 4.01. The van der Waals surface area contributed by atoms with Crippen LogP contribution in [0.5, 0.6) is 11.8 Å². The Hall–Kier alpha value is -2.01. The van der Waals surface area contributed by atoms with E-state index in [2.05, 4.69) is 16.0 Å². The Morgan fingerprint density at radius 1 is 1.22 bits per heavy atom. The van der Waals surface area contributed by atoms with Crippen LogP contribution < -0.4 is 10.5 Å². The fourth-order valence-corrected chi connectivity index (χ4v) is 1.74. The molecular weight excluding hydrogens is 246 g/mol. The van der Waals surface area contributed by atoms with Crippen LogP contribution in [-0.4, -0.2) is 15.0 Å². The molecule has 2 rings (SSSR count). The minimum absolute atomic E-state index is 0.225. The molecule has 92 valence electrons. The first kappa shape index (κ1) is 12.4. The highest BCUT2D eigenvalue weighted by Crippen LogP contribution is 2.20. The molecule has 0 atom stereocenters. The number of thiocarbonyl (C=S) groups is 1. The molecule has 4 nitrogen and oxygen atoms in total. The van der Waals surface area contributed by atoms with Crippen molar-refractivity contribution in [3.8, 4) is 11.8 Å². The van der Waals surface area contributed by atoms with Crippen LogP contribution in [0.4, 0.5) is 0 Å². The van der Waals surface area contributed by atoms with Gasteiger partial charge in [-0.2, -0.15) is 4.98 Å². The summed E-state index contributed by atoms with van der Waals surface area (Å²) in [6.07, 6.45) is 1.57. The summed E-state index contributed by atoms with van der Waals surface area (Å²) in [4.78, 5) is 8.38. The molecule has 0 saturated carbocycles. The molecule has 5 heteroatoms. The third-order valence-electron chi connectivity index (χ3n) is 2.29. The quantitative estimate of drug-likeness (QED) is 0.858. The lowest BCUT2D eigenvalue weighted by Gasteiger charge is -2.06. The van der Waals surface area contributed by atoms with Gasteiger partial charge in [0.1, 0.15) is 16.4 Å². The van der Waals surface area contributed by atoms with E-state index in [4.69, 9.17) is 22.7 Å². The molecule has 0 fully saturated rings. The fraction of sp³-hybridized carbons (Fsp3) is 0.154. The predicted molar refractivity (Wildman–Crippen MR) is 73.9 cm³/mol. The Kier molecular flexibility index (Phi) is 3.53. The SMILES string of the molecule is Cc1cc(C)cc(Oc2nccc(C(N)=S)n2)c1. The third-order valence-corrected chi connectivity index (χ3v) is 2.50. The van der Waals surface area contributed by atoms with E-state index in [0.29, 0.717) is 11.4 Å². The largest absolute Gasteiger partial charge is 0.424 e. The topological polar surface area (TPSA) is 61.0 Å². The standard InChI is InChI=1S/C13H13N3OS/c1-8-5-9(2)7-10(6-8)17-13-15-4-3-11(16-13)12(14)18/h3-7H,1-2H3,(H2,14,18). The van der Waals surface area contributed by atoms with E-state index in [9.17, 15) is 0 Å². The van der Waals surface area contributed by atoms with Crippen LogP contribution in [0.15, 0.2) is 30.5 Å². The van der Waals surface area contributed by atoms with E-state index in [1.807, 2.05) is 26.0 Å². The number of ether oxygens (including phenoxy) is 1. The first-order valence-electron chi connectivity index (χ1n) is 5.43. The molecule has 0 saturated heterocycles. The van der Waals surface area contributed by atoms with Gasteiger partial charge in [-0.1, -0.05) is 18.3 Å². The Morgan fingerprint density at radius 3 is 2.50 bits per heavy atom. The summed E-state index contributed by atoms with van der Waals surface area (Å²) in [5.74, 6) is 0.701. The van der Waals surface area contributed by atoms with Gasteiger partial charge in [0.25, 0.3) is 0 Å². The molecule has 2 N–H and O–H groups in total. The maximum Gasteiger partial charge on any atom is 0.322 e. The van der Waals surface area contributed by atoms with Gasteiger partial charge in [0, 0.05) is 6.20 Å². The maximum absolute atomic E-state index is 5.59. The van der Waals surface area contributed by atoms with Gasteiger partial charge < -0.3 is 10.5 Å². The highest BCUT2D eigenvalue weighted by Gasteiger charge is 2.04. The zero-order valence-corrected chi connectivity index (χ0v) is 11.0. The average molecular weight is 259 g/mol. The number of rotatable bonds is 3. The molecule has 1 aromatic carbocycles. The molecule has 0 bridgehead atoms. The van der Waals surface area contributed by atoms with E-state index >= 15 is 0 Å². The smallest absolute Gasteiger partial charge is 0.322 e. The summed E-state index contributed by atoms with van der Waals surface area (Å²) < 4.78 is 5.59. The first-order chi connectivity index (χ1) is 8.54. The lowest BCUT2D eigenvalue weighted by molar-refractivity contribution is 0.441. The Labute approximate surface area is 111 Å². The Bertz CT molecular complexity index is 578. The third kappa shape index (κ3) is 3.01. The lowest BCUT2D eigenvalue weighted by atomic mass is 10.1. The number of hydrogen-bond donors (Lipinski definition) is 1. The maximum atomic E-state index is 5.59. The average Bonchev–Trinajstić information content (AvgIpc) is 2.27. The van der Waals surface area contributed by atoms with Gasteiger partial charge >= 0.3 is 6.01 Å². The zero-order valence-electron chi connectivity index (χ0n) is 10.2. The van der Waals surface area contributed by atoms with E-state index in [1.165, 1.54) is 0 Å². The number of benzene rings is 1. The molecule has 0 radical (unpaired) electrons. The second kappa shape index (κ2) is 5.10. The molecule has 1 aromatic heterocycles. The lowest BCUT2D eigenvalue weighted by Crippen LogP contribution is -2.12. The molecule has 2 aromatic rings. The summed E-state index contributed by atoms with van der Waals surface area (Å²) in [5.41, 5.74) is 8.25. The second-order valence-corrected chi connectivity index (χ2v) is 4.45. The van der Waals surface area contributed by atoms with Crippen LogP contribution in [0.25, 0.3) is 0 Å². The van der Waals surface area contributed by atoms with Gasteiger partial charge in [-0.05, 0) is 43.2 Å². The van der Waals surface area contributed by atoms with Crippen molar-refractivity contribution in [1.29, 1.82) is 0 Å². The van der Waals surface area contributed by atoms with E-state index in [1.54, 1.807) is 12.3 Å². The number of aryl methyl sites for hydroxylation is 2. The van der Waals surface area contributed by atoms with Gasteiger partial charge in [-0.3, -0.25) is 0 Å². The molecule has 0 spiro atoms. The van der Waals surface area contributed by atoms with Crippen molar-refractivity contribution in [3.05, 3.63) is 47.3 Å². The molecule has 0 aliphatic rings.